The molecule has 0 saturated heterocycles. The molecule has 0 radical (unpaired) electrons. The molecular weight excluding hydrogens is 180 g/mol. The fourth-order valence-corrected chi connectivity index (χ4v) is 0.797. The minimum absolute atomic E-state index is 0.279. The van der Waals surface area contributed by atoms with E-state index in [4.69, 9.17) is 0 Å². The summed E-state index contributed by atoms with van der Waals surface area (Å²) in [4.78, 5) is 9.95. The zero-order valence-corrected chi connectivity index (χ0v) is 7.57. The van der Waals surface area contributed by atoms with Gasteiger partial charge in [0, 0.05) is 11.8 Å². The van der Waals surface area contributed by atoms with E-state index in [1.54, 1.807) is 0 Å². The molecule has 0 aliphatic rings. The summed E-state index contributed by atoms with van der Waals surface area (Å²) in [6.07, 6.45) is 2.63. The quantitative estimate of drug-likeness (QED) is 0.494. The molecule has 0 amide bonds. The van der Waals surface area contributed by atoms with Crippen LogP contribution in [0.4, 0.5) is 0 Å². The Morgan fingerprint density at radius 3 is 2.44 bits per heavy atom. The van der Waals surface area contributed by atoms with Crippen molar-refractivity contribution in [3.63, 3.8) is 0 Å². The summed E-state index contributed by atoms with van der Waals surface area (Å²) in [5, 5.41) is 0.966. The Kier molecular flexibility index (Phi) is 4.11. The van der Waals surface area contributed by atoms with Gasteiger partial charge in [-0.3, -0.25) is 0 Å². The zero-order chi connectivity index (χ0) is 7.33. The van der Waals surface area contributed by atoms with Crippen LogP contribution >= 0.6 is 15.9 Å². The molecule has 54 valence electrons. The predicted octanol–water partition coefficient (Wildman–Crippen LogP) is 2.39. The molecule has 0 aromatic heterocycles. The van der Waals surface area contributed by atoms with Crippen LogP contribution in [0, 0.1) is 5.41 Å². The second kappa shape index (κ2) is 4.04. The Labute approximate surface area is 65.0 Å². The third-order valence-corrected chi connectivity index (χ3v) is 2.82. The lowest BCUT2D eigenvalue weighted by Gasteiger charge is -2.19. The Morgan fingerprint density at radius 1 is 1.56 bits per heavy atom. The molecule has 0 aromatic carbocycles. The molecule has 1 nitrogen and oxygen atoms in total. The van der Waals surface area contributed by atoms with Gasteiger partial charge in [-0.05, 0) is 11.8 Å². The molecule has 0 aromatic rings. The van der Waals surface area contributed by atoms with E-state index in [2.05, 4.69) is 29.8 Å². The normalized spacial score (nSPS) is 11.4. The third-order valence-electron chi connectivity index (χ3n) is 1.30. The second-order valence-electron chi connectivity index (χ2n) is 3.00. The van der Waals surface area contributed by atoms with Crippen molar-refractivity contribution >= 4 is 22.2 Å². The van der Waals surface area contributed by atoms with Gasteiger partial charge in [-0.15, -0.1) is 0 Å². The Bertz CT molecular complexity index is 88.9. The van der Waals surface area contributed by atoms with Crippen LogP contribution in [0.2, 0.25) is 0 Å². The van der Waals surface area contributed by atoms with Gasteiger partial charge >= 0.3 is 0 Å². The highest BCUT2D eigenvalue weighted by molar-refractivity contribution is 9.09. The summed E-state index contributed by atoms with van der Waals surface area (Å²) in [5.41, 5.74) is 0.279. The molecule has 0 unspecified atom stereocenters. The topological polar surface area (TPSA) is 17.1 Å². The van der Waals surface area contributed by atoms with E-state index in [1.165, 1.54) is 0 Å². The standard InChI is InChI=1S/C7H13BrO/c1-7(2,6-8)4-3-5-9/h5H,3-4,6H2,1-2H3. The van der Waals surface area contributed by atoms with Gasteiger partial charge in [-0.25, -0.2) is 0 Å². The van der Waals surface area contributed by atoms with Crippen LogP contribution in [0.1, 0.15) is 26.7 Å². The Hall–Kier alpha value is 0.150. The highest BCUT2D eigenvalue weighted by Gasteiger charge is 2.14. The summed E-state index contributed by atoms with van der Waals surface area (Å²) >= 11 is 3.39. The monoisotopic (exact) mass is 192 g/mol. The summed E-state index contributed by atoms with van der Waals surface area (Å²) in [7, 11) is 0. The van der Waals surface area contributed by atoms with E-state index < -0.39 is 0 Å². The lowest BCUT2D eigenvalue weighted by atomic mass is 9.91. The molecule has 0 bridgehead atoms. The lowest BCUT2D eigenvalue weighted by molar-refractivity contribution is -0.108. The van der Waals surface area contributed by atoms with Gasteiger partial charge < -0.3 is 4.79 Å². The maximum absolute atomic E-state index is 9.95. The van der Waals surface area contributed by atoms with Crippen LogP contribution in [-0.2, 0) is 4.79 Å². The summed E-state index contributed by atoms with van der Waals surface area (Å²) in [5.74, 6) is 0. The van der Waals surface area contributed by atoms with Crippen LogP contribution in [-0.4, -0.2) is 11.6 Å². The highest BCUT2D eigenvalue weighted by atomic mass is 79.9. The Balaban J connectivity index is 3.44. The number of rotatable bonds is 4. The van der Waals surface area contributed by atoms with Gasteiger partial charge in [0.05, 0.1) is 0 Å². The molecule has 0 saturated carbocycles. The van der Waals surface area contributed by atoms with Gasteiger partial charge in [0.2, 0.25) is 0 Å². The van der Waals surface area contributed by atoms with Gasteiger partial charge in [-0.2, -0.15) is 0 Å². The van der Waals surface area contributed by atoms with E-state index >= 15 is 0 Å². The van der Waals surface area contributed by atoms with Crippen LogP contribution in [0.15, 0.2) is 0 Å². The zero-order valence-electron chi connectivity index (χ0n) is 5.98. The predicted molar refractivity (Wildman–Crippen MR) is 42.9 cm³/mol. The minimum Gasteiger partial charge on any atom is -0.303 e. The fraction of sp³-hybridized carbons (Fsp3) is 0.857. The molecule has 0 aliphatic heterocycles. The van der Waals surface area contributed by atoms with Crippen LogP contribution in [0.25, 0.3) is 0 Å². The van der Waals surface area contributed by atoms with E-state index in [1.807, 2.05) is 0 Å². The highest BCUT2D eigenvalue weighted by Crippen LogP contribution is 2.23. The van der Waals surface area contributed by atoms with Crippen molar-refractivity contribution in [2.45, 2.75) is 26.7 Å². The van der Waals surface area contributed by atoms with Crippen LogP contribution in [0.3, 0.4) is 0 Å². The van der Waals surface area contributed by atoms with Crippen molar-refractivity contribution in [1.29, 1.82) is 0 Å². The fourth-order valence-electron chi connectivity index (χ4n) is 0.516. The van der Waals surface area contributed by atoms with Gasteiger partial charge in [0.1, 0.15) is 6.29 Å². The van der Waals surface area contributed by atoms with Crippen molar-refractivity contribution < 1.29 is 4.79 Å². The van der Waals surface area contributed by atoms with Crippen LogP contribution < -0.4 is 0 Å². The molecule has 0 rings (SSSR count). The molecule has 0 fully saturated rings. The van der Waals surface area contributed by atoms with Gasteiger partial charge in [0.25, 0.3) is 0 Å². The number of hydrogen-bond donors (Lipinski definition) is 0. The summed E-state index contributed by atoms with van der Waals surface area (Å²) < 4.78 is 0. The number of carbonyl (C=O) groups is 1. The van der Waals surface area contributed by atoms with Crippen molar-refractivity contribution in [3.8, 4) is 0 Å². The van der Waals surface area contributed by atoms with Gasteiger partial charge in [0.15, 0.2) is 0 Å². The Morgan fingerprint density at radius 2 is 2.11 bits per heavy atom. The maximum Gasteiger partial charge on any atom is 0.120 e. The van der Waals surface area contributed by atoms with Crippen molar-refractivity contribution in [2.75, 3.05) is 5.33 Å². The molecular formula is C7H13BrO. The number of hydrogen-bond acceptors (Lipinski definition) is 1. The van der Waals surface area contributed by atoms with Crippen molar-refractivity contribution in [1.82, 2.24) is 0 Å². The summed E-state index contributed by atoms with van der Waals surface area (Å²) in [6.45, 7) is 4.29. The van der Waals surface area contributed by atoms with E-state index in [-0.39, 0.29) is 5.41 Å². The smallest absolute Gasteiger partial charge is 0.120 e. The van der Waals surface area contributed by atoms with E-state index in [0.29, 0.717) is 6.42 Å². The average Bonchev–Trinajstić information content (AvgIpc) is 1.84. The first-order valence-corrected chi connectivity index (χ1v) is 4.24. The van der Waals surface area contributed by atoms with Crippen molar-refractivity contribution in [2.24, 2.45) is 5.41 Å². The number of alkyl halides is 1. The SMILES string of the molecule is CC(C)(CBr)CCC=O. The molecule has 0 N–H and O–H groups in total. The maximum atomic E-state index is 9.95. The van der Waals surface area contributed by atoms with Crippen LogP contribution in [0.5, 0.6) is 0 Å². The number of aldehydes is 1. The summed E-state index contributed by atoms with van der Waals surface area (Å²) in [6, 6.07) is 0. The minimum atomic E-state index is 0.279. The molecule has 0 atom stereocenters. The number of carbonyl (C=O) groups excluding carboxylic acids is 1. The van der Waals surface area contributed by atoms with E-state index in [0.717, 1.165) is 18.0 Å². The largest absolute Gasteiger partial charge is 0.303 e. The first-order valence-electron chi connectivity index (χ1n) is 3.12. The molecule has 2 heteroatoms. The lowest BCUT2D eigenvalue weighted by Crippen LogP contribution is -2.12. The molecule has 0 heterocycles. The molecule has 0 spiro atoms. The van der Waals surface area contributed by atoms with Crippen molar-refractivity contribution in [3.05, 3.63) is 0 Å². The second-order valence-corrected chi connectivity index (χ2v) is 3.56. The molecule has 9 heavy (non-hydrogen) atoms. The number of halogens is 1. The third kappa shape index (κ3) is 4.64. The van der Waals surface area contributed by atoms with Gasteiger partial charge in [-0.1, -0.05) is 29.8 Å². The first kappa shape index (κ1) is 9.15. The first-order chi connectivity index (χ1) is 4.12. The molecule has 0 aliphatic carbocycles. The average molecular weight is 193 g/mol. The van der Waals surface area contributed by atoms with E-state index in [9.17, 15) is 4.79 Å².